The van der Waals surface area contributed by atoms with Gasteiger partial charge < -0.3 is 0 Å². The lowest BCUT2D eigenvalue weighted by Crippen LogP contribution is -2.02. The summed E-state index contributed by atoms with van der Waals surface area (Å²) in [6.45, 7) is 0.617. The lowest BCUT2D eigenvalue weighted by molar-refractivity contribution is -0.423. The highest BCUT2D eigenvalue weighted by Gasteiger charge is 1.95. The van der Waals surface area contributed by atoms with Gasteiger partial charge in [-0.3, -0.25) is 0 Å². The monoisotopic (exact) mass is 113 g/mol. The molecule has 0 aromatic carbocycles. The van der Waals surface area contributed by atoms with Crippen molar-refractivity contribution in [2.45, 2.75) is 0 Å². The van der Waals surface area contributed by atoms with E-state index in [2.05, 4.69) is 4.99 Å². The van der Waals surface area contributed by atoms with E-state index < -0.39 is 0 Å². The molecule has 0 bridgehead atoms. The molecule has 3 heteroatoms. The molecule has 0 atom stereocenters. The molecule has 0 aromatic rings. The van der Waals surface area contributed by atoms with Gasteiger partial charge in [-0.1, -0.05) is 0 Å². The van der Waals surface area contributed by atoms with Crippen molar-refractivity contribution in [3.05, 3.63) is 12.3 Å². The van der Waals surface area contributed by atoms with Crippen molar-refractivity contribution in [3.8, 4) is 0 Å². The minimum atomic E-state index is 0.617. The minimum absolute atomic E-state index is 0.617. The number of hydrogen-bond acceptors (Lipinski definition) is 2. The van der Waals surface area contributed by atoms with Gasteiger partial charge >= 0.3 is 0 Å². The van der Waals surface area contributed by atoms with E-state index in [1.165, 1.54) is 0 Å². The quantitative estimate of drug-likeness (QED) is 0.412. The molecule has 0 aromatic heterocycles. The molecule has 0 saturated carbocycles. The maximum Gasteiger partial charge on any atom is 0.271 e. The van der Waals surface area contributed by atoms with Crippen LogP contribution in [0.1, 0.15) is 0 Å². The molecule has 0 unspecified atom stereocenters. The molecule has 7 heavy (non-hydrogen) atoms. The molecule has 2 nitrogen and oxygen atoms in total. The average Bonchev–Trinajstić information content (AvgIpc) is 1.69. The Kier molecular flexibility index (Phi) is 1.26. The standard InChI is InChI=1S/C4H5N2S/c7-6-3-1-2-5-4-6/h1-3H,4H2/q+1. The molecule has 1 heterocycles. The summed E-state index contributed by atoms with van der Waals surface area (Å²) in [5, 5.41) is 0. The Labute approximate surface area is 47.3 Å². The summed E-state index contributed by atoms with van der Waals surface area (Å²) in [5.74, 6) is 0. The largest absolute Gasteiger partial charge is 0.271 e. The van der Waals surface area contributed by atoms with Crippen LogP contribution in [0.15, 0.2) is 17.3 Å². The highest BCUT2D eigenvalue weighted by molar-refractivity contribution is 7.44. The van der Waals surface area contributed by atoms with Gasteiger partial charge in [-0.05, 0) is 0 Å². The van der Waals surface area contributed by atoms with Crippen LogP contribution in [0.4, 0.5) is 0 Å². The molecule has 0 saturated heterocycles. The predicted octanol–water partition coefficient (Wildman–Crippen LogP) is 0.285. The lowest BCUT2D eigenvalue weighted by atomic mass is 10.6. The Bertz CT molecular complexity index is 137. The van der Waals surface area contributed by atoms with E-state index in [-0.39, 0.29) is 0 Å². The molecular formula is C4H5N2S+. The normalized spacial score (nSPS) is 18.0. The molecule has 0 aliphatic carbocycles. The summed E-state index contributed by atoms with van der Waals surface area (Å²) in [6, 6.07) is 0. The second-order valence-corrected chi connectivity index (χ2v) is 1.70. The predicted molar refractivity (Wildman–Crippen MR) is 30.1 cm³/mol. The van der Waals surface area contributed by atoms with Gasteiger partial charge in [-0.25, -0.2) is 4.99 Å². The highest BCUT2D eigenvalue weighted by atomic mass is 32.1. The van der Waals surface area contributed by atoms with Crippen molar-refractivity contribution >= 4 is 18.6 Å². The molecule has 1 rings (SSSR count). The Morgan fingerprint density at radius 3 is 2.86 bits per heavy atom. The van der Waals surface area contributed by atoms with E-state index >= 15 is 0 Å². The van der Waals surface area contributed by atoms with Gasteiger partial charge in [0.15, 0.2) is 6.20 Å². The Balaban J connectivity index is 2.66. The highest BCUT2D eigenvalue weighted by Crippen LogP contribution is 1.82. The average molecular weight is 113 g/mol. The maximum absolute atomic E-state index is 4.72. The van der Waals surface area contributed by atoms with Crippen LogP contribution in [0.25, 0.3) is 0 Å². The fraction of sp³-hybridized carbons (Fsp3) is 0.250. The van der Waals surface area contributed by atoms with Gasteiger partial charge in [-0.15, -0.1) is 3.95 Å². The van der Waals surface area contributed by atoms with Crippen LogP contribution in [0.2, 0.25) is 0 Å². The first-order chi connectivity index (χ1) is 3.39. The Hall–Kier alpha value is -0.570. The first-order valence-corrected chi connectivity index (χ1v) is 2.36. The number of hydrogen-bond donors (Lipinski definition) is 0. The molecule has 36 valence electrons. The smallest absolute Gasteiger partial charge is 0.227 e. The zero-order chi connectivity index (χ0) is 5.11. The van der Waals surface area contributed by atoms with Crippen LogP contribution < -0.4 is 0 Å². The van der Waals surface area contributed by atoms with Crippen LogP contribution in [0, 0.1) is 0 Å². The maximum atomic E-state index is 4.72. The number of allylic oxidation sites excluding steroid dienone is 1. The van der Waals surface area contributed by atoms with Crippen molar-refractivity contribution in [1.82, 2.24) is 0 Å². The second-order valence-electron chi connectivity index (χ2n) is 1.23. The number of rotatable bonds is 0. The summed E-state index contributed by atoms with van der Waals surface area (Å²) in [4.78, 5) is 3.87. The van der Waals surface area contributed by atoms with Crippen LogP contribution in [0.5, 0.6) is 0 Å². The number of nitrogens with zero attached hydrogens (tertiary/aromatic N) is 2. The Morgan fingerprint density at radius 2 is 2.57 bits per heavy atom. The molecule has 1 aliphatic heterocycles. The van der Waals surface area contributed by atoms with Gasteiger partial charge in [0.25, 0.3) is 19.1 Å². The topological polar surface area (TPSA) is 15.4 Å². The van der Waals surface area contributed by atoms with Gasteiger partial charge in [0.05, 0.1) is 0 Å². The van der Waals surface area contributed by atoms with Crippen molar-refractivity contribution in [1.29, 1.82) is 0 Å². The number of aliphatic imine (C=N–C) groups is 1. The lowest BCUT2D eigenvalue weighted by Gasteiger charge is -1.86. The van der Waals surface area contributed by atoms with Crippen LogP contribution >= 0.6 is 0 Å². The zero-order valence-electron chi connectivity index (χ0n) is 3.74. The van der Waals surface area contributed by atoms with E-state index in [1.54, 1.807) is 10.2 Å². The fourth-order valence-corrected chi connectivity index (χ4v) is 0.507. The second kappa shape index (κ2) is 1.93. The van der Waals surface area contributed by atoms with Crippen LogP contribution in [-0.2, 0) is 12.4 Å². The van der Waals surface area contributed by atoms with Gasteiger partial charge in [0, 0.05) is 12.3 Å². The zero-order valence-corrected chi connectivity index (χ0v) is 4.56. The van der Waals surface area contributed by atoms with E-state index in [4.69, 9.17) is 12.4 Å². The summed E-state index contributed by atoms with van der Waals surface area (Å²) < 4.78 is 1.60. The third-order valence-electron chi connectivity index (χ3n) is 0.665. The first-order valence-electron chi connectivity index (χ1n) is 2.00. The fourth-order valence-electron chi connectivity index (χ4n) is 0.370. The van der Waals surface area contributed by atoms with Gasteiger partial charge in [0.2, 0.25) is 0 Å². The van der Waals surface area contributed by atoms with E-state index in [0.717, 1.165) is 0 Å². The molecule has 0 N–H and O–H groups in total. The molecule has 0 fully saturated rings. The van der Waals surface area contributed by atoms with E-state index in [1.807, 2.05) is 12.3 Å². The van der Waals surface area contributed by atoms with E-state index in [9.17, 15) is 0 Å². The summed E-state index contributed by atoms with van der Waals surface area (Å²) in [5.41, 5.74) is 0. The molecule has 0 amide bonds. The van der Waals surface area contributed by atoms with Crippen molar-refractivity contribution in [2.24, 2.45) is 4.99 Å². The van der Waals surface area contributed by atoms with Crippen LogP contribution in [0.3, 0.4) is 0 Å². The molecular weight excluding hydrogens is 108 g/mol. The molecule has 1 aliphatic rings. The first kappa shape index (κ1) is 4.59. The minimum Gasteiger partial charge on any atom is -0.227 e. The Morgan fingerprint density at radius 1 is 1.71 bits per heavy atom. The summed E-state index contributed by atoms with van der Waals surface area (Å²) >= 11 is 4.72. The summed E-state index contributed by atoms with van der Waals surface area (Å²) in [7, 11) is 0. The van der Waals surface area contributed by atoms with Gasteiger partial charge in [-0.2, -0.15) is 0 Å². The van der Waals surface area contributed by atoms with Crippen molar-refractivity contribution in [3.63, 3.8) is 0 Å². The third kappa shape index (κ3) is 1.16. The SMILES string of the molecule is S=[N+]1C=CC=NC1. The van der Waals surface area contributed by atoms with Crippen LogP contribution in [-0.4, -0.2) is 16.8 Å². The van der Waals surface area contributed by atoms with Crippen molar-refractivity contribution < 1.29 is 3.95 Å². The van der Waals surface area contributed by atoms with Crippen molar-refractivity contribution in [2.75, 3.05) is 6.67 Å². The van der Waals surface area contributed by atoms with Gasteiger partial charge in [0.1, 0.15) is 0 Å². The molecule has 0 radical (unpaired) electrons. The molecule has 0 spiro atoms. The summed E-state index contributed by atoms with van der Waals surface area (Å²) in [6.07, 6.45) is 5.36. The third-order valence-corrected chi connectivity index (χ3v) is 0.902. The van der Waals surface area contributed by atoms with E-state index in [0.29, 0.717) is 6.67 Å².